The van der Waals surface area contributed by atoms with Crippen LogP contribution in [-0.2, 0) is 4.79 Å². The minimum atomic E-state index is 0.167. The van der Waals surface area contributed by atoms with E-state index in [0.717, 1.165) is 13.0 Å². The van der Waals surface area contributed by atoms with Crippen LogP contribution >= 0.6 is 9.39 Å². The molecule has 0 aliphatic carbocycles. The van der Waals surface area contributed by atoms with E-state index in [-0.39, 0.29) is 11.8 Å². The number of nitrogens with zero attached hydrogens (tertiary/aromatic N) is 1. The van der Waals surface area contributed by atoms with Gasteiger partial charge in [0.05, 0.1) is 5.92 Å². The van der Waals surface area contributed by atoms with Gasteiger partial charge in [-0.15, -0.1) is 0 Å². The van der Waals surface area contributed by atoms with Crippen molar-refractivity contribution >= 4 is 15.3 Å². The van der Waals surface area contributed by atoms with Gasteiger partial charge >= 0.3 is 0 Å². The van der Waals surface area contributed by atoms with E-state index < -0.39 is 0 Å². The summed E-state index contributed by atoms with van der Waals surface area (Å²) in [6.07, 6.45) is 1.10. The lowest BCUT2D eigenvalue weighted by Gasteiger charge is -2.19. The standard InChI is InChI=1S/C7H13N2OP/c1-4-6-5(8-7(4)10)2-3-9(6)11/h4-6H,2-3,11H2,1H3,(H,8,10). The summed E-state index contributed by atoms with van der Waals surface area (Å²) in [5.74, 6) is 0.382. The van der Waals surface area contributed by atoms with Crippen LogP contribution in [0, 0.1) is 5.92 Å². The molecule has 2 heterocycles. The number of carbonyl (C=O) groups is 1. The summed E-state index contributed by atoms with van der Waals surface area (Å²) in [6, 6.07) is 0.836. The number of amides is 1. The molecule has 0 spiro atoms. The molecule has 0 aromatic carbocycles. The van der Waals surface area contributed by atoms with Gasteiger partial charge in [-0.25, -0.2) is 0 Å². The average Bonchev–Trinajstić information content (AvgIpc) is 2.41. The van der Waals surface area contributed by atoms with E-state index in [1.165, 1.54) is 0 Å². The Hall–Kier alpha value is -0.140. The van der Waals surface area contributed by atoms with Crippen molar-refractivity contribution < 1.29 is 4.79 Å². The summed E-state index contributed by atoms with van der Waals surface area (Å²) in [5, 5.41) is 3.00. The largest absolute Gasteiger partial charge is 0.351 e. The molecule has 3 nitrogen and oxygen atoms in total. The molecule has 0 aromatic heterocycles. The second kappa shape index (κ2) is 2.43. The average molecular weight is 172 g/mol. The van der Waals surface area contributed by atoms with Gasteiger partial charge < -0.3 is 5.32 Å². The van der Waals surface area contributed by atoms with Crippen molar-refractivity contribution in [1.29, 1.82) is 0 Å². The zero-order chi connectivity index (χ0) is 8.01. The first-order valence-corrected chi connectivity index (χ1v) is 4.53. The summed E-state index contributed by atoms with van der Waals surface area (Å²) in [7, 11) is 2.70. The highest BCUT2D eigenvalue weighted by atomic mass is 31.0. The number of nitrogens with one attached hydrogen (secondary N) is 1. The number of rotatable bonds is 0. The first-order valence-electron chi connectivity index (χ1n) is 4.02. The molecular formula is C7H13N2OP. The molecule has 4 heteroatoms. The predicted octanol–water partition coefficient (Wildman–Crippen LogP) is -0.0147. The van der Waals surface area contributed by atoms with Crippen molar-refractivity contribution in [2.75, 3.05) is 6.54 Å². The fraction of sp³-hybridized carbons (Fsp3) is 0.857. The normalized spacial score (nSPS) is 44.2. The lowest BCUT2D eigenvalue weighted by Crippen LogP contribution is -2.31. The molecule has 62 valence electrons. The topological polar surface area (TPSA) is 32.3 Å². The third-order valence-electron chi connectivity index (χ3n) is 2.75. The molecule has 0 aromatic rings. The number of carbonyl (C=O) groups excluding carboxylic acids is 1. The molecule has 2 fully saturated rings. The van der Waals surface area contributed by atoms with Crippen LogP contribution in [0.4, 0.5) is 0 Å². The summed E-state index contributed by atoms with van der Waals surface area (Å²) in [4.78, 5) is 11.2. The van der Waals surface area contributed by atoms with Crippen LogP contribution in [0.25, 0.3) is 0 Å². The second-order valence-electron chi connectivity index (χ2n) is 3.42. The van der Waals surface area contributed by atoms with Crippen LogP contribution in [0.2, 0.25) is 0 Å². The Bertz CT molecular complexity index is 197. The van der Waals surface area contributed by atoms with Crippen LogP contribution in [0.5, 0.6) is 0 Å². The summed E-state index contributed by atoms with van der Waals surface area (Å²) in [5.41, 5.74) is 0. The smallest absolute Gasteiger partial charge is 0.224 e. The van der Waals surface area contributed by atoms with Gasteiger partial charge in [0.15, 0.2) is 0 Å². The maximum Gasteiger partial charge on any atom is 0.224 e. The quantitative estimate of drug-likeness (QED) is 0.521. The molecule has 2 aliphatic heterocycles. The Balaban J connectivity index is 2.19. The van der Waals surface area contributed by atoms with E-state index in [2.05, 4.69) is 19.4 Å². The van der Waals surface area contributed by atoms with Gasteiger partial charge in [-0.3, -0.25) is 9.46 Å². The zero-order valence-electron chi connectivity index (χ0n) is 6.58. The molecule has 0 radical (unpaired) electrons. The zero-order valence-corrected chi connectivity index (χ0v) is 7.73. The van der Waals surface area contributed by atoms with Crippen molar-refractivity contribution in [2.45, 2.75) is 25.4 Å². The minimum Gasteiger partial charge on any atom is -0.351 e. The van der Waals surface area contributed by atoms with Gasteiger partial charge in [-0.05, 0) is 6.42 Å². The Morgan fingerprint density at radius 2 is 2.45 bits per heavy atom. The Labute approximate surface area is 68.8 Å². The minimum absolute atomic E-state index is 0.167. The van der Waals surface area contributed by atoms with E-state index in [0.29, 0.717) is 12.1 Å². The SMILES string of the molecule is CC1C(=O)NC2CCN(P)C21. The molecule has 4 unspecified atom stereocenters. The molecule has 2 aliphatic rings. The summed E-state index contributed by atoms with van der Waals surface area (Å²) < 4.78 is 2.20. The van der Waals surface area contributed by atoms with E-state index in [1.807, 2.05) is 6.92 Å². The first-order chi connectivity index (χ1) is 5.20. The molecule has 1 amide bonds. The van der Waals surface area contributed by atoms with Gasteiger partial charge in [0, 0.05) is 18.6 Å². The van der Waals surface area contributed by atoms with Crippen LogP contribution in [0.15, 0.2) is 0 Å². The highest BCUT2D eigenvalue weighted by Crippen LogP contribution is 2.31. The van der Waals surface area contributed by atoms with E-state index in [4.69, 9.17) is 0 Å². The highest BCUT2D eigenvalue weighted by molar-refractivity contribution is 7.13. The van der Waals surface area contributed by atoms with E-state index in [9.17, 15) is 4.79 Å². The summed E-state index contributed by atoms with van der Waals surface area (Å²) >= 11 is 0. The van der Waals surface area contributed by atoms with Crippen LogP contribution in [0.1, 0.15) is 13.3 Å². The third kappa shape index (κ3) is 0.986. The van der Waals surface area contributed by atoms with Gasteiger partial charge in [0.1, 0.15) is 0 Å². The second-order valence-corrected chi connectivity index (χ2v) is 4.08. The maximum absolute atomic E-state index is 11.2. The predicted molar refractivity (Wildman–Crippen MR) is 45.9 cm³/mol. The Kier molecular flexibility index (Phi) is 1.66. The molecular weight excluding hydrogens is 159 g/mol. The van der Waals surface area contributed by atoms with Gasteiger partial charge in [-0.1, -0.05) is 16.3 Å². The van der Waals surface area contributed by atoms with E-state index in [1.54, 1.807) is 0 Å². The fourth-order valence-corrected chi connectivity index (χ4v) is 2.72. The Morgan fingerprint density at radius 1 is 1.73 bits per heavy atom. The first kappa shape index (κ1) is 7.51. The van der Waals surface area contributed by atoms with E-state index >= 15 is 0 Å². The third-order valence-corrected chi connectivity index (χ3v) is 3.35. The molecule has 4 atom stereocenters. The molecule has 2 rings (SSSR count). The highest BCUT2D eigenvalue weighted by Gasteiger charge is 2.45. The van der Waals surface area contributed by atoms with Crippen LogP contribution in [0.3, 0.4) is 0 Å². The molecule has 2 saturated heterocycles. The van der Waals surface area contributed by atoms with Gasteiger partial charge in [0.25, 0.3) is 0 Å². The maximum atomic E-state index is 11.2. The number of hydrogen-bond donors (Lipinski definition) is 1. The summed E-state index contributed by atoms with van der Waals surface area (Å²) in [6.45, 7) is 3.09. The van der Waals surface area contributed by atoms with Crippen molar-refractivity contribution in [3.05, 3.63) is 0 Å². The van der Waals surface area contributed by atoms with Crippen molar-refractivity contribution in [2.24, 2.45) is 5.92 Å². The van der Waals surface area contributed by atoms with Crippen LogP contribution in [-0.4, -0.2) is 29.2 Å². The van der Waals surface area contributed by atoms with Gasteiger partial charge in [-0.2, -0.15) is 0 Å². The van der Waals surface area contributed by atoms with Crippen molar-refractivity contribution in [3.63, 3.8) is 0 Å². The van der Waals surface area contributed by atoms with Crippen molar-refractivity contribution in [3.8, 4) is 0 Å². The molecule has 0 bridgehead atoms. The molecule has 0 saturated carbocycles. The molecule has 11 heavy (non-hydrogen) atoms. The van der Waals surface area contributed by atoms with Crippen molar-refractivity contribution in [1.82, 2.24) is 9.99 Å². The number of fused-ring (bicyclic) bond motifs is 1. The van der Waals surface area contributed by atoms with Gasteiger partial charge in [0.2, 0.25) is 5.91 Å². The monoisotopic (exact) mass is 172 g/mol. The lowest BCUT2D eigenvalue weighted by molar-refractivity contribution is -0.122. The fourth-order valence-electron chi connectivity index (χ4n) is 2.10. The Morgan fingerprint density at radius 3 is 3.09 bits per heavy atom. The van der Waals surface area contributed by atoms with Crippen LogP contribution < -0.4 is 5.32 Å². The lowest BCUT2D eigenvalue weighted by atomic mass is 10.0. The molecule has 1 N–H and O–H groups in total. The number of hydrogen-bond acceptors (Lipinski definition) is 2.